The Morgan fingerprint density at radius 3 is 2.29 bits per heavy atom. The van der Waals surface area contributed by atoms with E-state index in [0.29, 0.717) is 35.7 Å². The summed E-state index contributed by atoms with van der Waals surface area (Å²) in [7, 11) is 3.19. The molecular formula is C29H27NO5. The Bertz CT molecular complexity index is 1300. The van der Waals surface area contributed by atoms with E-state index >= 15 is 0 Å². The lowest BCUT2D eigenvalue weighted by Gasteiger charge is -2.34. The minimum atomic E-state index is -0.295. The average Bonchev–Trinajstić information content (AvgIpc) is 2.88. The van der Waals surface area contributed by atoms with Crippen LogP contribution in [0.2, 0.25) is 0 Å². The number of nitrogens with one attached hydrogen (secondary N) is 1. The number of hydrogen-bond acceptors (Lipinski definition) is 5. The third kappa shape index (κ3) is 4.64. The molecule has 178 valence electrons. The third-order valence-electron chi connectivity index (χ3n) is 6.65. The van der Waals surface area contributed by atoms with E-state index in [1.165, 1.54) is 0 Å². The lowest BCUT2D eigenvalue weighted by molar-refractivity contribution is -0.122. The van der Waals surface area contributed by atoms with Crippen molar-refractivity contribution in [3.63, 3.8) is 0 Å². The molecule has 0 unspecified atom stereocenters. The van der Waals surface area contributed by atoms with Gasteiger partial charge in [-0.3, -0.25) is 9.59 Å². The van der Waals surface area contributed by atoms with Gasteiger partial charge in [-0.25, -0.2) is 0 Å². The van der Waals surface area contributed by atoms with Crippen LogP contribution in [-0.4, -0.2) is 25.9 Å². The van der Waals surface area contributed by atoms with Crippen LogP contribution in [0.5, 0.6) is 23.0 Å². The molecule has 0 radical (unpaired) electrons. The highest BCUT2D eigenvalue weighted by atomic mass is 16.5. The van der Waals surface area contributed by atoms with Crippen LogP contribution >= 0.6 is 0 Å². The second kappa shape index (κ2) is 9.66. The number of hydrogen-bond donors (Lipinski definition) is 1. The summed E-state index contributed by atoms with van der Waals surface area (Å²) in [6.45, 7) is 0. The summed E-state index contributed by atoms with van der Waals surface area (Å²) >= 11 is 0. The number of carbonyl (C=O) groups excluding carboxylic acids is 2. The number of ether oxygens (including phenoxy) is 3. The van der Waals surface area contributed by atoms with Crippen molar-refractivity contribution in [1.29, 1.82) is 0 Å². The van der Waals surface area contributed by atoms with Crippen molar-refractivity contribution in [2.45, 2.75) is 31.1 Å². The zero-order valence-electron chi connectivity index (χ0n) is 19.7. The van der Waals surface area contributed by atoms with Gasteiger partial charge in [0.25, 0.3) is 0 Å². The number of benzene rings is 3. The molecular weight excluding hydrogens is 442 g/mol. The molecule has 0 fully saturated rings. The molecule has 1 N–H and O–H groups in total. The zero-order valence-corrected chi connectivity index (χ0v) is 19.7. The maximum atomic E-state index is 13.5. The molecule has 1 amide bonds. The van der Waals surface area contributed by atoms with Gasteiger partial charge in [0.1, 0.15) is 11.5 Å². The number of Topliss-reactive ketones (excluding diaryl/α,β-unsaturated/α-hetero) is 1. The Morgan fingerprint density at radius 2 is 1.51 bits per heavy atom. The van der Waals surface area contributed by atoms with Crippen molar-refractivity contribution < 1.29 is 23.8 Å². The van der Waals surface area contributed by atoms with Crippen LogP contribution in [0.25, 0.3) is 0 Å². The van der Waals surface area contributed by atoms with E-state index in [-0.39, 0.29) is 29.9 Å². The smallest absolute Gasteiger partial charge is 0.225 e. The van der Waals surface area contributed by atoms with E-state index in [1.54, 1.807) is 14.2 Å². The molecule has 6 nitrogen and oxygen atoms in total. The van der Waals surface area contributed by atoms with Crippen molar-refractivity contribution in [3.8, 4) is 23.0 Å². The fraction of sp³-hybridized carbons (Fsp3) is 0.241. The predicted octanol–water partition coefficient (Wildman–Crippen LogP) is 5.50. The summed E-state index contributed by atoms with van der Waals surface area (Å²) in [6.07, 6.45) is 1.19. The molecule has 2 aliphatic rings. The average molecular weight is 470 g/mol. The lowest BCUT2D eigenvalue weighted by atomic mass is 9.73. The molecule has 6 heteroatoms. The van der Waals surface area contributed by atoms with Gasteiger partial charge in [0.15, 0.2) is 17.3 Å². The minimum Gasteiger partial charge on any atom is -0.493 e. The second-order valence-corrected chi connectivity index (χ2v) is 8.83. The molecule has 2 atom stereocenters. The molecule has 0 bridgehead atoms. The number of amides is 1. The van der Waals surface area contributed by atoms with Gasteiger partial charge in [-0.1, -0.05) is 36.4 Å². The van der Waals surface area contributed by atoms with Crippen LogP contribution in [0.3, 0.4) is 0 Å². The highest BCUT2D eigenvalue weighted by Gasteiger charge is 2.38. The van der Waals surface area contributed by atoms with E-state index in [0.717, 1.165) is 22.6 Å². The monoisotopic (exact) mass is 469 g/mol. The van der Waals surface area contributed by atoms with Gasteiger partial charge in [-0.15, -0.1) is 0 Å². The van der Waals surface area contributed by atoms with E-state index in [1.807, 2.05) is 72.8 Å². The molecule has 3 aromatic carbocycles. The number of para-hydroxylation sites is 1. The fourth-order valence-corrected chi connectivity index (χ4v) is 5.01. The topological polar surface area (TPSA) is 73.9 Å². The van der Waals surface area contributed by atoms with Crippen molar-refractivity contribution in [1.82, 2.24) is 5.32 Å². The minimum absolute atomic E-state index is 0.0483. The van der Waals surface area contributed by atoms with Crippen LogP contribution in [0.4, 0.5) is 0 Å². The van der Waals surface area contributed by atoms with Crippen LogP contribution < -0.4 is 19.5 Å². The Morgan fingerprint density at radius 1 is 0.743 bits per heavy atom. The summed E-state index contributed by atoms with van der Waals surface area (Å²) in [5.74, 6) is 2.31. The van der Waals surface area contributed by atoms with Gasteiger partial charge in [-0.2, -0.15) is 0 Å². The number of ketones is 1. The van der Waals surface area contributed by atoms with Crippen LogP contribution in [-0.2, 0) is 9.59 Å². The third-order valence-corrected chi connectivity index (χ3v) is 6.65. The van der Waals surface area contributed by atoms with Crippen molar-refractivity contribution in [3.05, 3.63) is 95.2 Å². The van der Waals surface area contributed by atoms with E-state index in [4.69, 9.17) is 14.2 Å². The number of allylic oxidation sites excluding steroid dienone is 2. The van der Waals surface area contributed by atoms with Crippen LogP contribution in [0.15, 0.2) is 84.1 Å². The standard InChI is InChI=1S/C29H27NO5/c1-33-26-12-11-18(16-27(26)34-2)20-14-24-29(25(31)15-20)23(17-28(32)30-24)19-7-6-10-22(13-19)35-21-8-4-3-5-9-21/h3-13,16,20,23H,14-15,17H2,1-2H3,(H,30,32)/t20-,23-/m0/s1. The highest BCUT2D eigenvalue weighted by Crippen LogP contribution is 2.44. The van der Waals surface area contributed by atoms with Gasteiger partial charge < -0.3 is 19.5 Å². The molecule has 0 saturated heterocycles. The number of methoxy groups -OCH3 is 2. The second-order valence-electron chi connectivity index (χ2n) is 8.83. The zero-order chi connectivity index (χ0) is 24.4. The van der Waals surface area contributed by atoms with Gasteiger partial charge in [0, 0.05) is 30.0 Å². The Labute approximate surface area is 204 Å². The fourth-order valence-electron chi connectivity index (χ4n) is 5.01. The first-order chi connectivity index (χ1) is 17.1. The van der Waals surface area contributed by atoms with Gasteiger partial charge in [-0.05, 0) is 59.9 Å². The lowest BCUT2D eigenvalue weighted by Crippen LogP contribution is -2.38. The molecule has 0 spiro atoms. The molecule has 0 saturated carbocycles. The van der Waals surface area contributed by atoms with Gasteiger partial charge >= 0.3 is 0 Å². The normalized spacial score (nSPS) is 19.6. The maximum absolute atomic E-state index is 13.5. The summed E-state index contributed by atoms with van der Waals surface area (Å²) in [5, 5.41) is 2.99. The Balaban J connectivity index is 1.45. The largest absolute Gasteiger partial charge is 0.493 e. The molecule has 0 aromatic heterocycles. The number of carbonyl (C=O) groups is 2. The predicted molar refractivity (Wildman–Crippen MR) is 132 cm³/mol. The van der Waals surface area contributed by atoms with Gasteiger partial charge in [0.2, 0.25) is 5.91 Å². The summed E-state index contributed by atoms with van der Waals surface area (Å²) in [4.78, 5) is 26.1. The molecule has 1 aliphatic carbocycles. The molecule has 5 rings (SSSR count). The van der Waals surface area contributed by atoms with Crippen molar-refractivity contribution in [2.24, 2.45) is 0 Å². The van der Waals surface area contributed by atoms with Crippen LogP contribution in [0.1, 0.15) is 42.2 Å². The first-order valence-electron chi connectivity index (χ1n) is 11.7. The quantitative estimate of drug-likeness (QED) is 0.516. The van der Waals surface area contributed by atoms with Gasteiger partial charge in [0.05, 0.1) is 14.2 Å². The maximum Gasteiger partial charge on any atom is 0.225 e. The molecule has 1 heterocycles. The SMILES string of the molecule is COc1ccc([C@@H]2CC(=O)C3=C(C2)NC(=O)C[C@H]3c2cccc(Oc3ccccc3)c2)cc1OC. The first kappa shape index (κ1) is 22.7. The van der Waals surface area contributed by atoms with Crippen molar-refractivity contribution >= 4 is 11.7 Å². The van der Waals surface area contributed by atoms with Crippen LogP contribution in [0, 0.1) is 0 Å². The highest BCUT2D eigenvalue weighted by molar-refractivity contribution is 6.02. The first-order valence-corrected chi connectivity index (χ1v) is 11.7. The summed E-state index contributed by atoms with van der Waals surface area (Å²) in [5.41, 5.74) is 3.31. The molecule has 3 aromatic rings. The molecule has 35 heavy (non-hydrogen) atoms. The van der Waals surface area contributed by atoms with E-state index in [2.05, 4.69) is 5.32 Å². The molecule has 1 aliphatic heterocycles. The van der Waals surface area contributed by atoms with E-state index in [9.17, 15) is 9.59 Å². The Hall–Kier alpha value is -4.06. The summed E-state index contributed by atoms with van der Waals surface area (Å²) < 4.78 is 16.8. The Kier molecular flexibility index (Phi) is 6.27. The summed E-state index contributed by atoms with van der Waals surface area (Å²) in [6, 6.07) is 22.9. The number of rotatable bonds is 6. The van der Waals surface area contributed by atoms with Crippen molar-refractivity contribution in [2.75, 3.05) is 14.2 Å². The van der Waals surface area contributed by atoms with E-state index < -0.39 is 0 Å².